The van der Waals surface area contributed by atoms with E-state index in [1.165, 1.54) is 24.3 Å². The molecule has 2 aliphatic heterocycles. The molecule has 10 N–H and O–H groups in total. The molecular formula is C38H42O15. The van der Waals surface area contributed by atoms with Crippen LogP contribution in [-0.2, 0) is 9.47 Å². The highest BCUT2D eigenvalue weighted by Crippen LogP contribution is 2.26. The van der Waals surface area contributed by atoms with Gasteiger partial charge in [0.25, 0.3) is 0 Å². The van der Waals surface area contributed by atoms with Crippen LogP contribution < -0.4 is 9.47 Å². The predicted molar refractivity (Wildman–Crippen MR) is 185 cm³/mol. The molecule has 0 bridgehead atoms. The van der Waals surface area contributed by atoms with Crippen LogP contribution in [0.3, 0.4) is 0 Å². The molecule has 2 heterocycles. The Morgan fingerprint density at radius 2 is 0.755 bits per heavy atom. The quantitative estimate of drug-likeness (QED) is 0.0943. The third-order valence-electron chi connectivity index (χ3n) is 8.51. The molecule has 2 saturated heterocycles. The topological polar surface area (TPSA) is 264 Å². The molecule has 4 aromatic rings. The first-order valence-electron chi connectivity index (χ1n) is 16.4. The van der Waals surface area contributed by atoms with E-state index < -0.39 is 74.6 Å². The van der Waals surface area contributed by atoms with Crippen LogP contribution in [0, 0.1) is 0 Å². The Morgan fingerprint density at radius 3 is 1.06 bits per heavy atom. The lowest BCUT2D eigenvalue weighted by molar-refractivity contribution is -0.277. The minimum Gasteiger partial charge on any atom is -0.462 e. The molecule has 0 saturated carbocycles. The van der Waals surface area contributed by atoms with Gasteiger partial charge in [-0.25, -0.2) is 0 Å². The fourth-order valence-corrected chi connectivity index (χ4v) is 5.48. The van der Waals surface area contributed by atoms with E-state index in [-0.39, 0.29) is 17.0 Å². The first-order chi connectivity index (χ1) is 25.0. The van der Waals surface area contributed by atoms with Gasteiger partial charge in [-0.15, -0.1) is 0 Å². The number of aliphatic hydroxyl groups is 8. The minimum atomic E-state index is -1.51. The van der Waals surface area contributed by atoms with E-state index in [1.54, 1.807) is 72.8 Å². The van der Waals surface area contributed by atoms with Crippen molar-refractivity contribution in [3.8, 4) is 11.5 Å². The Bertz CT molecular complexity index is 1590. The zero-order valence-corrected chi connectivity index (χ0v) is 28.1. The smallest absolute Gasteiger partial charge is 0.229 e. The Kier molecular flexibility index (Phi) is 14.7. The van der Waals surface area contributed by atoms with E-state index in [0.29, 0.717) is 33.8 Å². The second-order valence-electron chi connectivity index (χ2n) is 12.1. The maximum Gasteiger partial charge on any atom is 0.229 e. The van der Waals surface area contributed by atoms with Crippen LogP contribution in [0.5, 0.6) is 11.5 Å². The second kappa shape index (κ2) is 18.9. The first kappa shape index (κ1) is 41.1. The lowest BCUT2D eigenvalue weighted by Gasteiger charge is -2.39. The number of hydrogen-bond acceptors (Lipinski definition) is 14. The van der Waals surface area contributed by atoms with E-state index in [1.807, 2.05) is 12.1 Å². The molecule has 53 heavy (non-hydrogen) atoms. The molecule has 0 unspecified atom stereocenters. The van der Waals surface area contributed by atoms with Crippen LogP contribution in [0.2, 0.25) is 0 Å². The third kappa shape index (κ3) is 9.88. The molecule has 0 amide bonds. The largest absolute Gasteiger partial charge is 0.462 e. The van der Waals surface area contributed by atoms with Gasteiger partial charge >= 0.3 is 0 Å². The molecule has 0 spiro atoms. The molecule has 0 aliphatic carbocycles. The van der Waals surface area contributed by atoms with Crippen LogP contribution in [0.1, 0.15) is 31.8 Å². The third-order valence-corrected chi connectivity index (χ3v) is 8.51. The first-order valence-corrected chi connectivity index (χ1v) is 16.4. The van der Waals surface area contributed by atoms with Crippen molar-refractivity contribution in [1.29, 1.82) is 0 Å². The maximum atomic E-state index is 12.4. The summed E-state index contributed by atoms with van der Waals surface area (Å²) < 4.78 is 21.6. The second-order valence-corrected chi connectivity index (χ2v) is 12.1. The molecule has 15 nitrogen and oxygen atoms in total. The van der Waals surface area contributed by atoms with Gasteiger partial charge in [0.1, 0.15) is 60.3 Å². The number of rotatable bonds is 10. The zero-order chi connectivity index (χ0) is 37.4. The van der Waals surface area contributed by atoms with Gasteiger partial charge < -0.3 is 65.3 Å². The van der Waals surface area contributed by atoms with Gasteiger partial charge in [0.15, 0.2) is 11.6 Å². The molecule has 2 fully saturated rings. The molecule has 2 aliphatic rings. The number of aliphatic hydroxyl groups excluding tert-OH is 8. The van der Waals surface area contributed by atoms with Crippen LogP contribution in [0.4, 0.5) is 0 Å². The Morgan fingerprint density at radius 1 is 0.453 bits per heavy atom. The monoisotopic (exact) mass is 738 g/mol. The fraction of sp³-hybridized carbons (Fsp3) is 0.316. The van der Waals surface area contributed by atoms with Crippen LogP contribution >= 0.6 is 0 Å². The predicted octanol–water partition coefficient (Wildman–Crippen LogP) is -0.632. The van der Waals surface area contributed by atoms with Gasteiger partial charge in [0.2, 0.25) is 12.6 Å². The van der Waals surface area contributed by atoms with E-state index in [0.717, 1.165) is 0 Å². The Hall–Kier alpha value is -4.62. The van der Waals surface area contributed by atoms with Crippen LogP contribution in [0.25, 0.3) is 0 Å². The van der Waals surface area contributed by atoms with Gasteiger partial charge in [-0.2, -0.15) is 0 Å². The summed E-state index contributed by atoms with van der Waals surface area (Å²) in [6.45, 7) is -1.06. The van der Waals surface area contributed by atoms with Gasteiger partial charge in [-0.3, -0.25) is 9.59 Å². The molecule has 10 atom stereocenters. The van der Waals surface area contributed by atoms with Gasteiger partial charge in [-0.05, 0) is 48.5 Å². The molecule has 0 radical (unpaired) electrons. The summed E-state index contributed by atoms with van der Waals surface area (Å²) in [7, 11) is 0. The number of carbonyl (C=O) groups excluding carboxylic acids is 2. The van der Waals surface area contributed by atoms with E-state index in [2.05, 4.69) is 0 Å². The van der Waals surface area contributed by atoms with Crippen molar-refractivity contribution in [3.63, 3.8) is 0 Å². The normalized spacial score (nSPS) is 28.0. The van der Waals surface area contributed by atoms with Gasteiger partial charge in [0, 0.05) is 22.3 Å². The van der Waals surface area contributed by atoms with Crippen LogP contribution in [-0.4, -0.2) is 133 Å². The maximum absolute atomic E-state index is 12.4. The lowest BCUT2D eigenvalue weighted by Crippen LogP contribution is -2.60. The van der Waals surface area contributed by atoms with Crippen molar-refractivity contribution in [2.75, 3.05) is 13.2 Å². The summed E-state index contributed by atoms with van der Waals surface area (Å²) in [5.74, 6) is 0.341. The number of ketones is 2. The van der Waals surface area contributed by atoms with Crippen molar-refractivity contribution in [1.82, 2.24) is 0 Å². The molecule has 284 valence electrons. The number of ether oxygens (including phenoxy) is 4. The summed E-state index contributed by atoms with van der Waals surface area (Å²) in [4.78, 5) is 24.7. The number of benzene rings is 4. The zero-order valence-electron chi connectivity index (χ0n) is 28.1. The van der Waals surface area contributed by atoms with E-state index >= 15 is 0 Å². The van der Waals surface area contributed by atoms with Crippen molar-refractivity contribution < 1.29 is 74.9 Å². The highest BCUT2D eigenvalue weighted by molar-refractivity contribution is 6.09. The van der Waals surface area contributed by atoms with E-state index in [4.69, 9.17) is 18.9 Å². The number of carbonyl (C=O) groups is 2. The molecule has 6 rings (SSSR count). The van der Waals surface area contributed by atoms with E-state index in [9.17, 15) is 50.4 Å². The highest BCUT2D eigenvalue weighted by atomic mass is 16.7. The Balaban J connectivity index is 0.000000232. The summed E-state index contributed by atoms with van der Waals surface area (Å²) >= 11 is 0. The average Bonchev–Trinajstić information content (AvgIpc) is 3.19. The molecule has 15 heteroatoms. The highest BCUT2D eigenvalue weighted by Gasteiger charge is 2.45. The number of hydrogen-bond donors (Lipinski definition) is 8. The summed E-state index contributed by atoms with van der Waals surface area (Å²) in [5.41, 5.74) is 2.07. The average molecular weight is 739 g/mol. The molecule has 0 aromatic heterocycles. The van der Waals surface area contributed by atoms with Crippen LogP contribution in [0.15, 0.2) is 109 Å². The minimum absolute atomic E-state index is 0. The summed E-state index contributed by atoms with van der Waals surface area (Å²) in [5, 5.41) is 77.4. The standard InChI is InChI=1S/2C19H20O7.H2O/c2*20-10-14-16(22)17(23)18(24)19(26-14)25-13-8-6-12(7-9-13)15(21)11-4-2-1-3-5-11;/h2*1-9,14,16-20,22-24H,10H2;1H2/t2*14-,16-,17+,18-,19-;/m11./s1. The van der Waals surface area contributed by atoms with Gasteiger partial charge in [-0.1, -0.05) is 60.7 Å². The lowest BCUT2D eigenvalue weighted by atomic mass is 9.99. The summed E-state index contributed by atoms with van der Waals surface area (Å²) in [6, 6.07) is 30.1. The molecular weight excluding hydrogens is 696 g/mol. The summed E-state index contributed by atoms with van der Waals surface area (Å²) in [6.07, 6.45) is -13.5. The molecule has 4 aromatic carbocycles. The van der Waals surface area contributed by atoms with Crippen molar-refractivity contribution in [2.24, 2.45) is 0 Å². The fourth-order valence-electron chi connectivity index (χ4n) is 5.48. The SMILES string of the molecule is O.O=C(c1ccccc1)c1ccc(O[C@@H]2O[C@H](CO)[C@@H](O)[C@H](O)[C@H]2O)cc1.O=C(c1ccccc1)c1ccc(O[C@@H]2O[C@H](CO)[C@@H](O)[C@H](O)[C@H]2O)cc1. The van der Waals surface area contributed by atoms with Gasteiger partial charge in [0.05, 0.1) is 13.2 Å². The van der Waals surface area contributed by atoms with Crippen molar-refractivity contribution >= 4 is 11.6 Å². The van der Waals surface area contributed by atoms with Crippen molar-refractivity contribution in [2.45, 2.75) is 61.4 Å². The van der Waals surface area contributed by atoms with Crippen molar-refractivity contribution in [3.05, 3.63) is 131 Å². The Labute approximate surface area is 303 Å².